The molecule has 0 aromatic heterocycles. The standard InChI is InChI=1S/C11H28PSi3/c1-13(2,3)10-12-11(14(4,5)6)15(7,8)9/h10H,1-9H3/q+1. The molecule has 0 unspecified atom stereocenters. The fourth-order valence-electron chi connectivity index (χ4n) is 1.77. The number of hydrogen-bond acceptors (Lipinski definition) is 0. The third-order valence-corrected chi connectivity index (χ3v) is 18.0. The van der Waals surface area contributed by atoms with Crippen molar-refractivity contribution >= 4 is 42.0 Å². The van der Waals surface area contributed by atoms with Gasteiger partial charge >= 0.3 is 101 Å². The van der Waals surface area contributed by atoms with Crippen LogP contribution in [0.15, 0.2) is 0 Å². The third-order valence-electron chi connectivity index (χ3n) is 2.00. The van der Waals surface area contributed by atoms with Crippen molar-refractivity contribution in [1.82, 2.24) is 0 Å². The zero-order valence-corrected chi connectivity index (χ0v) is 15.9. The fourth-order valence-corrected chi connectivity index (χ4v) is 17.1. The molecule has 0 amide bonds. The first-order valence-electron chi connectivity index (χ1n) is 5.77. The fraction of sp³-hybridized carbons (Fsp3) is 0.818. The van der Waals surface area contributed by atoms with Gasteiger partial charge in [-0.05, 0) is 0 Å². The molecule has 0 aliphatic rings. The predicted molar refractivity (Wildman–Crippen MR) is 88.0 cm³/mol. The van der Waals surface area contributed by atoms with Crippen LogP contribution in [0.1, 0.15) is 0 Å². The van der Waals surface area contributed by atoms with E-state index in [1.165, 1.54) is 0 Å². The molecular weight excluding hydrogens is 247 g/mol. The Kier molecular flexibility index (Phi) is 5.26. The molecule has 0 aliphatic carbocycles. The zero-order chi connectivity index (χ0) is 12.5. The quantitative estimate of drug-likeness (QED) is 0.524. The van der Waals surface area contributed by atoms with Gasteiger partial charge in [0.2, 0.25) is 0 Å². The summed E-state index contributed by atoms with van der Waals surface area (Å²) < 4.78 is 1.93. The average Bonchev–Trinajstić information content (AvgIpc) is 1.75. The molecule has 0 bridgehead atoms. The van der Waals surface area contributed by atoms with Crippen molar-refractivity contribution in [2.75, 3.05) is 0 Å². The van der Waals surface area contributed by atoms with Crippen molar-refractivity contribution in [1.29, 1.82) is 0 Å². The van der Waals surface area contributed by atoms with Gasteiger partial charge in [0.1, 0.15) is 0 Å². The molecule has 0 aliphatic heterocycles. The molecule has 0 heterocycles. The molecule has 0 rings (SSSR count). The van der Waals surface area contributed by atoms with Crippen LogP contribution in [0.3, 0.4) is 0 Å². The molecule has 0 N–H and O–H groups in total. The first kappa shape index (κ1) is 15.8. The molecule has 0 saturated heterocycles. The topological polar surface area (TPSA) is 0 Å². The van der Waals surface area contributed by atoms with Gasteiger partial charge < -0.3 is 0 Å². The molecular formula is C11H28PSi3+. The van der Waals surface area contributed by atoms with E-state index >= 15 is 0 Å². The maximum absolute atomic E-state index is 2.62. The van der Waals surface area contributed by atoms with Crippen LogP contribution in [-0.4, -0.2) is 34.2 Å². The third kappa shape index (κ3) is 6.88. The van der Waals surface area contributed by atoms with Crippen molar-refractivity contribution in [2.24, 2.45) is 0 Å². The molecule has 88 valence electrons. The van der Waals surface area contributed by atoms with Gasteiger partial charge in [0.15, 0.2) is 0 Å². The van der Waals surface area contributed by atoms with Crippen LogP contribution in [0.5, 0.6) is 0 Å². The van der Waals surface area contributed by atoms with Gasteiger partial charge in [0.05, 0.1) is 0 Å². The summed E-state index contributed by atoms with van der Waals surface area (Å²) in [6.07, 6.45) is 0. The Bertz CT molecular complexity index is 264. The van der Waals surface area contributed by atoms with E-state index < -0.39 is 24.2 Å². The number of rotatable bonds is 3. The van der Waals surface area contributed by atoms with E-state index in [9.17, 15) is 0 Å². The summed E-state index contributed by atoms with van der Waals surface area (Å²) in [6.45, 7) is 22.3. The van der Waals surface area contributed by atoms with Crippen molar-refractivity contribution in [3.05, 3.63) is 0 Å². The SMILES string of the molecule is C[Si](C)(C)C=[P+]=C([Si](C)(C)C)[Si](C)(C)C. The van der Waals surface area contributed by atoms with Crippen LogP contribution < -0.4 is 0 Å². The van der Waals surface area contributed by atoms with Crippen LogP contribution >= 0.6 is 7.83 Å². The minimum atomic E-state index is -1.06. The second kappa shape index (κ2) is 4.99. The minimum absolute atomic E-state index is 0.991. The summed E-state index contributed by atoms with van der Waals surface area (Å²) >= 11 is 0. The van der Waals surface area contributed by atoms with E-state index in [1.807, 2.05) is 4.54 Å². The van der Waals surface area contributed by atoms with E-state index in [4.69, 9.17) is 0 Å². The summed E-state index contributed by atoms with van der Waals surface area (Å²) in [7, 11) is -1.53. The second-order valence-corrected chi connectivity index (χ2v) is 25.3. The van der Waals surface area contributed by atoms with E-state index in [1.54, 1.807) is 7.83 Å². The molecule has 0 radical (unpaired) electrons. The molecule has 0 aromatic rings. The van der Waals surface area contributed by atoms with Crippen molar-refractivity contribution < 1.29 is 0 Å². The summed E-state index contributed by atoms with van der Waals surface area (Å²) in [4.78, 5) is 0. The molecule has 4 heteroatoms. The number of hydrogen-bond donors (Lipinski definition) is 0. The molecule has 15 heavy (non-hydrogen) atoms. The van der Waals surface area contributed by atoms with E-state index in [0.29, 0.717) is 0 Å². The molecule has 0 saturated carbocycles. The van der Waals surface area contributed by atoms with E-state index in [2.05, 4.69) is 64.3 Å². The van der Waals surface area contributed by atoms with Crippen LogP contribution in [0.2, 0.25) is 58.9 Å². The first-order chi connectivity index (χ1) is 6.34. The van der Waals surface area contributed by atoms with Crippen molar-refractivity contribution in [3.63, 3.8) is 0 Å². The monoisotopic (exact) mass is 275 g/mol. The normalized spacial score (nSPS) is 13.7. The molecule has 0 atom stereocenters. The predicted octanol–water partition coefficient (Wildman–Crippen LogP) is 4.54. The van der Waals surface area contributed by atoms with Crippen LogP contribution in [0.25, 0.3) is 0 Å². The zero-order valence-electron chi connectivity index (χ0n) is 12.0. The van der Waals surface area contributed by atoms with E-state index in [-0.39, 0.29) is 0 Å². The summed E-state index contributed by atoms with van der Waals surface area (Å²) in [5, 5.41) is 0. The van der Waals surface area contributed by atoms with E-state index in [0.717, 1.165) is 0 Å². The second-order valence-electron chi connectivity index (χ2n) is 7.47. The van der Waals surface area contributed by atoms with Gasteiger partial charge in [-0.15, -0.1) is 0 Å². The van der Waals surface area contributed by atoms with Crippen molar-refractivity contribution in [2.45, 2.75) is 58.9 Å². The van der Waals surface area contributed by atoms with Gasteiger partial charge in [-0.1, -0.05) is 0 Å². The van der Waals surface area contributed by atoms with Crippen molar-refractivity contribution in [3.8, 4) is 0 Å². The Morgan fingerprint density at radius 1 is 0.733 bits per heavy atom. The Hall–Kier alpha value is 0.821. The Morgan fingerprint density at radius 3 is 1.27 bits per heavy atom. The van der Waals surface area contributed by atoms with Gasteiger partial charge in [0.25, 0.3) is 0 Å². The summed E-state index contributed by atoms with van der Waals surface area (Å²) in [5.74, 6) is 0. The molecule has 0 fully saturated rings. The van der Waals surface area contributed by atoms with Gasteiger partial charge in [-0.3, -0.25) is 0 Å². The van der Waals surface area contributed by atoms with Crippen LogP contribution in [0.4, 0.5) is 0 Å². The molecule has 0 nitrogen and oxygen atoms in total. The van der Waals surface area contributed by atoms with Gasteiger partial charge in [-0.25, -0.2) is 0 Å². The van der Waals surface area contributed by atoms with Crippen LogP contribution in [0, 0.1) is 0 Å². The average molecular weight is 276 g/mol. The Morgan fingerprint density at radius 2 is 1.07 bits per heavy atom. The Balaban J connectivity index is 5.44. The van der Waals surface area contributed by atoms with Crippen LogP contribution in [-0.2, 0) is 0 Å². The summed E-state index contributed by atoms with van der Waals surface area (Å²) in [5.41, 5.74) is 2.62. The Labute approximate surface area is 101 Å². The van der Waals surface area contributed by atoms with Gasteiger partial charge in [0, 0.05) is 0 Å². The first-order valence-corrected chi connectivity index (χ1v) is 17.3. The maximum atomic E-state index is 2.62. The van der Waals surface area contributed by atoms with Gasteiger partial charge in [-0.2, -0.15) is 0 Å². The molecule has 0 spiro atoms. The summed E-state index contributed by atoms with van der Waals surface area (Å²) in [6, 6.07) is 0. The molecule has 0 aromatic carbocycles.